The minimum Gasteiger partial charge on any atom is -0.481 e. The van der Waals surface area contributed by atoms with Crippen LogP contribution in [0.1, 0.15) is 33.6 Å². The Morgan fingerprint density at radius 1 is 1.20 bits per heavy atom. The summed E-state index contributed by atoms with van der Waals surface area (Å²) in [7, 11) is 0. The number of carbonyl (C=O) groups excluding carboxylic acids is 1. The average Bonchev–Trinajstić information content (AvgIpc) is 2.13. The molecule has 0 rings (SSSR count). The second-order valence-electron chi connectivity index (χ2n) is 2.62. The molecule has 0 saturated carbocycles. The van der Waals surface area contributed by atoms with Crippen LogP contribution in [0.15, 0.2) is 0 Å². The maximum Gasteiger partial charge on any atom is 0.303 e. The molecule has 0 fully saturated rings. The van der Waals surface area contributed by atoms with E-state index in [2.05, 4.69) is 4.74 Å². The Morgan fingerprint density at radius 3 is 2.07 bits per heavy atom. The molecule has 0 spiro atoms. The van der Waals surface area contributed by atoms with Crippen molar-refractivity contribution in [1.82, 2.24) is 0 Å². The van der Waals surface area contributed by atoms with Crippen molar-refractivity contribution < 1.29 is 24.2 Å². The Hall–Kier alpha value is -1.10. The number of hydrogen-bond acceptors (Lipinski definition) is 4. The lowest BCUT2D eigenvalue weighted by Gasteiger charge is -1.96. The van der Waals surface area contributed by atoms with Crippen LogP contribution in [0.5, 0.6) is 0 Å². The molecule has 5 heteroatoms. The Kier molecular flexibility index (Phi) is 14.0. The van der Waals surface area contributed by atoms with Gasteiger partial charge in [-0.15, -0.1) is 0 Å². The molecule has 0 aromatic carbocycles. The first-order valence-corrected chi connectivity index (χ1v) is 4.97. The van der Waals surface area contributed by atoms with E-state index in [-0.39, 0.29) is 12.4 Å². The van der Waals surface area contributed by atoms with Gasteiger partial charge in [-0.1, -0.05) is 0 Å². The van der Waals surface area contributed by atoms with Crippen LogP contribution < -0.4 is 0 Å². The highest BCUT2D eigenvalue weighted by molar-refractivity contribution is 5.66. The van der Waals surface area contributed by atoms with Crippen molar-refractivity contribution in [2.45, 2.75) is 33.6 Å². The van der Waals surface area contributed by atoms with Crippen molar-refractivity contribution in [3.05, 3.63) is 0 Å². The molecule has 0 aromatic heterocycles. The molecule has 0 bridgehead atoms. The third-order valence-corrected chi connectivity index (χ3v) is 1.23. The maximum atomic E-state index is 9.91. The predicted molar refractivity (Wildman–Crippen MR) is 55.7 cm³/mol. The second kappa shape index (κ2) is 12.9. The number of carboxylic acids is 1. The van der Waals surface area contributed by atoms with Gasteiger partial charge in [0.1, 0.15) is 0 Å². The van der Waals surface area contributed by atoms with E-state index in [9.17, 15) is 9.59 Å². The van der Waals surface area contributed by atoms with Crippen LogP contribution in [-0.4, -0.2) is 36.9 Å². The van der Waals surface area contributed by atoms with Crippen LogP contribution in [0, 0.1) is 0 Å². The van der Waals surface area contributed by atoms with Crippen molar-refractivity contribution in [1.29, 1.82) is 0 Å². The third kappa shape index (κ3) is 24.6. The topological polar surface area (TPSA) is 72.8 Å². The second-order valence-corrected chi connectivity index (χ2v) is 2.62. The largest absolute Gasteiger partial charge is 0.481 e. The molecule has 15 heavy (non-hydrogen) atoms. The standard InChI is InChI=1S/C6H12O3.C4H8O2/c1-2-9-5-3-4-6(7)8;1-3-6-4(2)5/h2-5H2,1H3,(H,7,8);3H2,1-2H3. The van der Waals surface area contributed by atoms with Crippen molar-refractivity contribution in [3.8, 4) is 0 Å². The molecule has 0 heterocycles. The molecule has 0 amide bonds. The van der Waals surface area contributed by atoms with Crippen molar-refractivity contribution in [3.63, 3.8) is 0 Å². The van der Waals surface area contributed by atoms with E-state index in [1.807, 2.05) is 6.92 Å². The van der Waals surface area contributed by atoms with Crippen LogP contribution in [0.3, 0.4) is 0 Å². The molecule has 0 aliphatic rings. The van der Waals surface area contributed by atoms with Crippen LogP contribution in [-0.2, 0) is 19.1 Å². The molecule has 0 unspecified atom stereocenters. The van der Waals surface area contributed by atoms with E-state index in [1.54, 1.807) is 6.92 Å². The highest BCUT2D eigenvalue weighted by Gasteiger charge is 1.94. The summed E-state index contributed by atoms with van der Waals surface area (Å²) in [4.78, 5) is 19.7. The highest BCUT2D eigenvalue weighted by atomic mass is 16.5. The fraction of sp³-hybridized carbons (Fsp3) is 0.800. The summed E-state index contributed by atoms with van der Waals surface area (Å²) in [6.45, 7) is 6.77. The zero-order valence-electron chi connectivity index (χ0n) is 9.62. The van der Waals surface area contributed by atoms with Crippen LogP contribution >= 0.6 is 0 Å². The number of carbonyl (C=O) groups is 2. The molecule has 0 aliphatic heterocycles. The molecule has 0 radical (unpaired) electrons. The van der Waals surface area contributed by atoms with Gasteiger partial charge in [0.2, 0.25) is 0 Å². The lowest BCUT2D eigenvalue weighted by atomic mass is 10.3. The first-order valence-electron chi connectivity index (χ1n) is 4.97. The monoisotopic (exact) mass is 220 g/mol. The van der Waals surface area contributed by atoms with Crippen LogP contribution in [0.2, 0.25) is 0 Å². The maximum absolute atomic E-state index is 9.91. The molecule has 0 aromatic rings. The molecule has 0 atom stereocenters. The fourth-order valence-electron chi connectivity index (χ4n) is 0.673. The summed E-state index contributed by atoms with van der Waals surface area (Å²) in [6, 6.07) is 0. The van der Waals surface area contributed by atoms with Gasteiger partial charge in [-0.25, -0.2) is 0 Å². The lowest BCUT2D eigenvalue weighted by molar-refractivity contribution is -0.140. The number of esters is 1. The zero-order valence-corrected chi connectivity index (χ0v) is 9.62. The Balaban J connectivity index is 0. The minimum atomic E-state index is -0.755. The van der Waals surface area contributed by atoms with E-state index < -0.39 is 5.97 Å². The summed E-state index contributed by atoms with van der Waals surface area (Å²) >= 11 is 0. The summed E-state index contributed by atoms with van der Waals surface area (Å²) < 4.78 is 9.32. The van der Waals surface area contributed by atoms with E-state index in [4.69, 9.17) is 9.84 Å². The average molecular weight is 220 g/mol. The molecule has 1 N–H and O–H groups in total. The van der Waals surface area contributed by atoms with Crippen molar-refractivity contribution >= 4 is 11.9 Å². The van der Waals surface area contributed by atoms with Gasteiger partial charge in [0.15, 0.2) is 0 Å². The SMILES string of the molecule is CCOC(C)=O.CCOCCCC(=O)O. The van der Waals surface area contributed by atoms with Gasteiger partial charge in [-0.3, -0.25) is 9.59 Å². The number of hydrogen-bond donors (Lipinski definition) is 1. The molecule has 90 valence electrons. The number of carboxylic acid groups (broad SMARTS) is 1. The quantitative estimate of drug-likeness (QED) is 0.542. The third-order valence-electron chi connectivity index (χ3n) is 1.23. The van der Waals surface area contributed by atoms with Crippen molar-refractivity contribution in [2.75, 3.05) is 19.8 Å². The summed E-state index contributed by atoms with van der Waals surface area (Å²) in [5, 5.41) is 8.16. The van der Waals surface area contributed by atoms with Gasteiger partial charge < -0.3 is 14.6 Å². The molecule has 5 nitrogen and oxygen atoms in total. The van der Waals surface area contributed by atoms with Gasteiger partial charge in [-0.05, 0) is 20.3 Å². The van der Waals surface area contributed by atoms with Gasteiger partial charge in [0, 0.05) is 26.6 Å². The van der Waals surface area contributed by atoms with E-state index in [0.717, 1.165) is 0 Å². The lowest BCUT2D eigenvalue weighted by Crippen LogP contribution is -1.99. The number of aliphatic carboxylic acids is 1. The van der Waals surface area contributed by atoms with Gasteiger partial charge >= 0.3 is 11.9 Å². The van der Waals surface area contributed by atoms with Crippen molar-refractivity contribution in [2.24, 2.45) is 0 Å². The molecular weight excluding hydrogens is 200 g/mol. The Morgan fingerprint density at radius 2 is 1.80 bits per heavy atom. The normalized spacial score (nSPS) is 8.73. The molecule has 0 saturated heterocycles. The van der Waals surface area contributed by atoms with Gasteiger partial charge in [-0.2, -0.15) is 0 Å². The minimum absolute atomic E-state index is 0.208. The van der Waals surface area contributed by atoms with Crippen LogP contribution in [0.25, 0.3) is 0 Å². The van der Waals surface area contributed by atoms with E-state index >= 15 is 0 Å². The molecule has 0 aliphatic carbocycles. The van der Waals surface area contributed by atoms with E-state index in [1.165, 1.54) is 6.92 Å². The zero-order chi connectivity index (χ0) is 12.1. The Labute approximate surface area is 90.4 Å². The summed E-state index contributed by atoms with van der Waals surface area (Å²) in [5.74, 6) is -0.966. The highest BCUT2D eigenvalue weighted by Crippen LogP contribution is 1.88. The number of rotatable bonds is 6. The first kappa shape index (κ1) is 16.3. The van der Waals surface area contributed by atoms with Crippen LogP contribution in [0.4, 0.5) is 0 Å². The summed E-state index contributed by atoms with van der Waals surface area (Å²) in [6.07, 6.45) is 0.823. The number of ether oxygens (including phenoxy) is 2. The summed E-state index contributed by atoms with van der Waals surface area (Å²) in [5.41, 5.74) is 0. The fourth-order valence-corrected chi connectivity index (χ4v) is 0.673. The van der Waals surface area contributed by atoms with Gasteiger partial charge in [0.05, 0.1) is 6.61 Å². The van der Waals surface area contributed by atoms with E-state index in [0.29, 0.717) is 26.2 Å². The Bertz CT molecular complexity index is 167. The smallest absolute Gasteiger partial charge is 0.303 e. The first-order chi connectivity index (χ1) is 7.04. The predicted octanol–water partition coefficient (Wildman–Crippen LogP) is 1.46. The van der Waals surface area contributed by atoms with Gasteiger partial charge in [0.25, 0.3) is 0 Å². The molecular formula is C10H20O5.